The molecule has 2 nitrogen and oxygen atoms in total. The van der Waals surface area contributed by atoms with Crippen LogP contribution in [0, 0.1) is 22.2 Å². The van der Waals surface area contributed by atoms with E-state index >= 15 is 0 Å². The van der Waals surface area contributed by atoms with Gasteiger partial charge in [0, 0.05) is 5.69 Å². The van der Waals surface area contributed by atoms with Crippen molar-refractivity contribution in [2.45, 2.75) is 33.1 Å². The van der Waals surface area contributed by atoms with Crippen molar-refractivity contribution in [3.63, 3.8) is 0 Å². The Kier molecular flexibility index (Phi) is 1.66. The maximum Gasteiger partial charge on any atom is 0.231 e. The van der Waals surface area contributed by atoms with E-state index in [4.69, 9.17) is 0 Å². The Balaban J connectivity index is 1.62. The van der Waals surface area contributed by atoms with Crippen LogP contribution in [0.5, 0.6) is 0 Å². The van der Waals surface area contributed by atoms with Crippen LogP contribution in [0.25, 0.3) is 0 Å². The Hall–Kier alpha value is -1.31. The number of amides is 1. The molecular formula is C16H19NO. The van der Waals surface area contributed by atoms with Crippen LogP contribution >= 0.6 is 0 Å². The Bertz CT molecular complexity index is 539. The first kappa shape index (κ1) is 10.6. The first-order chi connectivity index (χ1) is 8.55. The summed E-state index contributed by atoms with van der Waals surface area (Å²) in [6.45, 7) is 4.70. The van der Waals surface area contributed by atoms with Gasteiger partial charge in [-0.3, -0.25) is 4.79 Å². The molecule has 0 heterocycles. The Morgan fingerprint density at radius 3 is 2.56 bits per heavy atom. The summed E-state index contributed by atoms with van der Waals surface area (Å²) >= 11 is 0. The van der Waals surface area contributed by atoms with E-state index in [1.54, 1.807) is 0 Å². The average Bonchev–Trinajstić information content (AvgIpc) is 2.74. The molecular weight excluding hydrogens is 222 g/mol. The van der Waals surface area contributed by atoms with Crippen LogP contribution in [0.1, 0.15) is 33.1 Å². The molecule has 5 saturated carbocycles. The highest BCUT2D eigenvalue weighted by atomic mass is 16.2. The molecule has 5 aliphatic rings. The second-order valence-corrected chi connectivity index (χ2v) is 6.81. The standard InChI is InChI=1S/C16H19NO/c1-14-10-16(12(14)8-9-15(14,16)2)13(18)17-11-6-4-3-5-7-11/h3-7,12H,8-10H2,1-2H3,(H,17,18)/t12-,14-,15+,16+/m0/s1. The third kappa shape index (κ3) is 0.799. The molecule has 2 heteroatoms. The zero-order valence-electron chi connectivity index (χ0n) is 11.0. The summed E-state index contributed by atoms with van der Waals surface area (Å²) in [5.74, 6) is 0.904. The van der Waals surface area contributed by atoms with Crippen molar-refractivity contribution in [2.24, 2.45) is 22.2 Å². The molecule has 4 bridgehead atoms. The lowest BCUT2D eigenvalue weighted by atomic mass is 9.21. The summed E-state index contributed by atoms with van der Waals surface area (Å²) in [4.78, 5) is 12.7. The molecule has 0 spiro atoms. The van der Waals surface area contributed by atoms with E-state index in [-0.39, 0.29) is 16.7 Å². The van der Waals surface area contributed by atoms with Gasteiger partial charge in [0.25, 0.3) is 0 Å². The van der Waals surface area contributed by atoms with Gasteiger partial charge in [0.1, 0.15) is 0 Å². The Morgan fingerprint density at radius 1 is 1.28 bits per heavy atom. The molecule has 18 heavy (non-hydrogen) atoms. The molecule has 5 fully saturated rings. The predicted molar refractivity (Wildman–Crippen MR) is 71.1 cm³/mol. The summed E-state index contributed by atoms with van der Waals surface area (Å²) in [6, 6.07) is 9.85. The van der Waals surface area contributed by atoms with E-state index in [1.165, 1.54) is 12.8 Å². The fraction of sp³-hybridized carbons (Fsp3) is 0.562. The van der Waals surface area contributed by atoms with E-state index in [0.29, 0.717) is 11.3 Å². The lowest BCUT2D eigenvalue weighted by molar-refractivity contribution is -0.326. The molecule has 6 rings (SSSR count). The lowest BCUT2D eigenvalue weighted by Gasteiger charge is -2.81. The van der Waals surface area contributed by atoms with Crippen LogP contribution in [-0.2, 0) is 4.79 Å². The molecule has 5 aliphatic carbocycles. The Morgan fingerprint density at radius 2 is 2.00 bits per heavy atom. The number of nitrogens with one attached hydrogen (secondary N) is 1. The maximum atomic E-state index is 12.7. The largest absolute Gasteiger partial charge is 0.326 e. The third-order valence-corrected chi connectivity index (χ3v) is 6.63. The van der Waals surface area contributed by atoms with Gasteiger partial charge in [0.15, 0.2) is 0 Å². The minimum atomic E-state index is -0.0441. The minimum absolute atomic E-state index is 0.0441. The van der Waals surface area contributed by atoms with Crippen molar-refractivity contribution < 1.29 is 4.79 Å². The molecule has 0 saturated heterocycles. The normalized spacial score (nSPS) is 47.1. The molecule has 0 aromatic heterocycles. The van der Waals surface area contributed by atoms with E-state index in [9.17, 15) is 4.79 Å². The highest BCUT2D eigenvalue weighted by Gasteiger charge is 2.91. The van der Waals surface area contributed by atoms with Crippen molar-refractivity contribution in [3.8, 4) is 0 Å². The molecule has 1 aromatic carbocycles. The summed E-state index contributed by atoms with van der Waals surface area (Å²) in [7, 11) is 0. The SMILES string of the molecule is C[C@@]12CC[C@H]3[C@]1(C)C[C@]32C(=O)Nc1ccccc1. The number of anilines is 1. The van der Waals surface area contributed by atoms with Crippen LogP contribution in [0.3, 0.4) is 0 Å². The molecule has 0 unspecified atom stereocenters. The van der Waals surface area contributed by atoms with E-state index in [2.05, 4.69) is 19.2 Å². The van der Waals surface area contributed by atoms with Crippen LogP contribution in [-0.4, -0.2) is 5.91 Å². The maximum absolute atomic E-state index is 12.7. The minimum Gasteiger partial charge on any atom is -0.326 e. The predicted octanol–water partition coefficient (Wildman–Crippen LogP) is 3.45. The van der Waals surface area contributed by atoms with Crippen LogP contribution in [0.2, 0.25) is 0 Å². The third-order valence-electron chi connectivity index (χ3n) is 6.63. The zero-order valence-corrected chi connectivity index (χ0v) is 11.0. The van der Waals surface area contributed by atoms with Gasteiger partial charge in [-0.25, -0.2) is 0 Å². The fourth-order valence-electron chi connectivity index (χ4n) is 5.48. The fourth-order valence-corrected chi connectivity index (χ4v) is 5.48. The van der Waals surface area contributed by atoms with Gasteiger partial charge in [-0.2, -0.15) is 0 Å². The summed E-state index contributed by atoms with van der Waals surface area (Å²) in [5.41, 5.74) is 1.61. The first-order valence-corrected chi connectivity index (χ1v) is 6.91. The highest BCUT2D eigenvalue weighted by molar-refractivity contribution is 5.99. The number of hydrogen-bond acceptors (Lipinski definition) is 1. The number of para-hydroxylation sites is 1. The molecule has 1 aromatic rings. The second kappa shape index (κ2) is 2.81. The van der Waals surface area contributed by atoms with Crippen molar-refractivity contribution in [1.82, 2.24) is 0 Å². The van der Waals surface area contributed by atoms with Gasteiger partial charge in [-0.1, -0.05) is 32.0 Å². The number of carbonyl (C=O) groups is 1. The zero-order chi connectivity index (χ0) is 12.6. The first-order valence-electron chi connectivity index (χ1n) is 6.91. The number of fused-ring (bicyclic) bond motifs is 1. The van der Waals surface area contributed by atoms with Gasteiger partial charge in [0.2, 0.25) is 5.91 Å². The van der Waals surface area contributed by atoms with Gasteiger partial charge < -0.3 is 5.32 Å². The summed E-state index contributed by atoms with van der Waals surface area (Å²) in [5, 5.41) is 3.13. The molecule has 4 atom stereocenters. The number of carbonyl (C=O) groups excluding carboxylic acids is 1. The van der Waals surface area contributed by atoms with Crippen molar-refractivity contribution in [3.05, 3.63) is 30.3 Å². The van der Waals surface area contributed by atoms with E-state index < -0.39 is 0 Å². The van der Waals surface area contributed by atoms with Gasteiger partial charge >= 0.3 is 0 Å². The number of rotatable bonds is 2. The van der Waals surface area contributed by atoms with E-state index in [0.717, 1.165) is 12.1 Å². The molecule has 94 valence electrons. The Labute approximate surface area is 108 Å². The molecule has 0 aliphatic heterocycles. The van der Waals surface area contributed by atoms with Gasteiger partial charge in [-0.15, -0.1) is 0 Å². The summed E-state index contributed by atoms with van der Waals surface area (Å²) in [6.07, 6.45) is 3.57. The van der Waals surface area contributed by atoms with Crippen LogP contribution in [0.4, 0.5) is 5.69 Å². The monoisotopic (exact) mass is 241 g/mol. The molecule has 1 amide bonds. The van der Waals surface area contributed by atoms with Crippen molar-refractivity contribution in [2.75, 3.05) is 5.32 Å². The molecule has 0 radical (unpaired) electrons. The topological polar surface area (TPSA) is 29.1 Å². The number of benzene rings is 1. The number of hydrogen-bond donors (Lipinski definition) is 1. The molecule has 1 N–H and O–H groups in total. The van der Waals surface area contributed by atoms with Crippen LogP contribution < -0.4 is 5.32 Å². The smallest absolute Gasteiger partial charge is 0.231 e. The van der Waals surface area contributed by atoms with Crippen LogP contribution in [0.15, 0.2) is 30.3 Å². The lowest BCUT2D eigenvalue weighted by Crippen LogP contribution is -2.81. The second-order valence-electron chi connectivity index (χ2n) is 6.81. The van der Waals surface area contributed by atoms with Gasteiger partial charge in [-0.05, 0) is 48.1 Å². The van der Waals surface area contributed by atoms with Crippen molar-refractivity contribution >= 4 is 11.6 Å². The summed E-state index contributed by atoms with van der Waals surface area (Å²) < 4.78 is 0. The highest BCUT2D eigenvalue weighted by Crippen LogP contribution is 2.93. The van der Waals surface area contributed by atoms with Crippen molar-refractivity contribution in [1.29, 1.82) is 0 Å². The quantitative estimate of drug-likeness (QED) is 0.844. The van der Waals surface area contributed by atoms with Gasteiger partial charge in [0.05, 0.1) is 5.41 Å². The average molecular weight is 241 g/mol. The van der Waals surface area contributed by atoms with E-state index in [1.807, 2.05) is 30.3 Å².